The summed E-state index contributed by atoms with van der Waals surface area (Å²) in [7, 11) is 0. The standard InChI is InChI=1S/C14H26.C12H20.C12H22.C11H18.2C11H20.2C10H18.C9H16.C6H14.3C5H12/c1-12-4-6-14(7-5-12)10-8-13(2,3)9-11-14;1-2-12-6-9-3-10(7-12)5-11(4-9)8-12;1-11-5-9-12(10-6-11)7-3-2-4-8-12;1-11-5-8-2-9(6-11)4-10(3-8)7-11;1-8-9-4-6-10(7-5-9)11(8,2)3;1-10-4-8-11(9-5-10)6-2-3-7-11;1-8-7-9-3-5-10(8,2)6-4-9;1-7-8(2)10-5-3-9(7)4-6-10;1-7-6-8-2-4-9(7)5-3-8;1-5-6(2,3)4;2*1-5(2,3)4;1-4-5(2)3/h12H,4-11H2,1-3H3;9-11H,2-8H2,1H3;11H,2-10H2,1H3;8-10H,2-7H2,1H3;8-10H,4-7H2,1-3H3;10H,2-9H2,1H3;8-9H,3-7H2,1-2H3;7-10H,3-6H2,1-2H3;7-9H,2-6H2,1H3;5H2,1-4H3;2*1-4H3;5H,4H2,1-3H3/t;;;;8-,9?,10?;;8-,9?,10?;7-,8?,9?,10?;7-,8?,9?;;;;/m....1.000..../s1/i;;;;;;;;;5D2;1D3;;4D2. The molecule has 0 aromatic carbocycles. The molecule has 3 spiro atoms. The van der Waals surface area contributed by atoms with Crippen LogP contribution in [-0.2, 0) is 0 Å². The van der Waals surface area contributed by atoms with Gasteiger partial charge < -0.3 is 0 Å². The number of rotatable bonds is 2. The van der Waals surface area contributed by atoms with Crippen molar-refractivity contribution in [1.82, 2.24) is 0 Å². The Bertz CT molecular complexity index is 2890. The van der Waals surface area contributed by atoms with E-state index in [2.05, 4.69) is 132 Å². The van der Waals surface area contributed by atoms with Gasteiger partial charge in [-0.05, 0) is 459 Å². The van der Waals surface area contributed by atoms with Crippen molar-refractivity contribution in [3.05, 3.63) is 0 Å². The van der Waals surface area contributed by atoms with E-state index in [4.69, 9.17) is 9.60 Å². The van der Waals surface area contributed by atoms with E-state index in [1.807, 2.05) is 34.6 Å². The van der Waals surface area contributed by atoms with Crippen molar-refractivity contribution in [2.24, 2.45) is 190 Å². The largest absolute Gasteiger partial charge is 0.0651 e. The molecule has 121 heavy (non-hydrogen) atoms. The fourth-order valence-electron chi connectivity index (χ4n) is 30.7. The maximum Gasteiger partial charge on any atom is 0.0269 e. The molecule has 1 unspecified atom stereocenters. The van der Waals surface area contributed by atoms with Crippen molar-refractivity contribution < 1.29 is 9.60 Å². The van der Waals surface area contributed by atoms with Crippen LogP contribution in [0.25, 0.3) is 0 Å². The fraction of sp³-hybridized carbons (Fsp3) is 1.00. The predicted octanol–water partition coefficient (Wildman–Crippen LogP) is 40.7. The molecule has 26 rings (SSSR count). The van der Waals surface area contributed by atoms with Gasteiger partial charge in [0.25, 0.3) is 0 Å². The highest BCUT2D eigenvalue weighted by molar-refractivity contribution is 5.03. The van der Waals surface area contributed by atoms with Crippen LogP contribution in [0.5, 0.6) is 0 Å². The Morgan fingerprint density at radius 1 is 0.339 bits per heavy atom. The highest BCUT2D eigenvalue weighted by atomic mass is 14.6. The molecule has 0 radical (unpaired) electrons. The van der Waals surface area contributed by atoms with Crippen LogP contribution in [0.15, 0.2) is 0 Å². The maximum atomic E-state index is 7.25. The normalized spacial score (nSPS) is 41.1. The molecule has 26 saturated carbocycles. The van der Waals surface area contributed by atoms with Gasteiger partial charge in [-0.25, -0.2) is 0 Å². The summed E-state index contributed by atoms with van der Waals surface area (Å²) in [5.74, 6) is 22.9. The Morgan fingerprint density at radius 2 is 0.653 bits per heavy atom. The molecule has 26 fully saturated rings. The molecule has 0 aromatic heterocycles. The highest BCUT2D eigenvalue weighted by Gasteiger charge is 2.52. The first kappa shape index (κ1) is 95.6. The zero-order valence-electron chi connectivity index (χ0n) is 95.3. The minimum Gasteiger partial charge on any atom is -0.0651 e. The van der Waals surface area contributed by atoms with Gasteiger partial charge in [0.15, 0.2) is 0 Å². The van der Waals surface area contributed by atoms with Crippen LogP contribution in [0.3, 0.4) is 0 Å². The molecule has 0 saturated heterocycles. The van der Waals surface area contributed by atoms with E-state index in [-0.39, 0.29) is 11.3 Å². The van der Waals surface area contributed by atoms with Crippen molar-refractivity contribution in [3.63, 3.8) is 0 Å². The van der Waals surface area contributed by atoms with E-state index in [1.165, 1.54) is 199 Å². The lowest BCUT2D eigenvalue weighted by Crippen LogP contribution is -2.45. The lowest BCUT2D eigenvalue weighted by Gasteiger charge is -2.56. The van der Waals surface area contributed by atoms with Gasteiger partial charge >= 0.3 is 0 Å². The summed E-state index contributed by atoms with van der Waals surface area (Å²) >= 11 is 0. The first-order valence-electron chi connectivity index (χ1n) is 59.1. The van der Waals surface area contributed by atoms with E-state index in [0.717, 1.165) is 157 Å². The molecule has 5 atom stereocenters. The van der Waals surface area contributed by atoms with Gasteiger partial charge in [0.2, 0.25) is 0 Å². The molecular formula is C121H228. The molecule has 712 valence electrons. The Hall–Kier alpha value is 0. The van der Waals surface area contributed by atoms with Gasteiger partial charge in [-0.2, -0.15) is 0 Å². The second-order valence-electron chi connectivity index (χ2n) is 56.0. The van der Waals surface area contributed by atoms with Gasteiger partial charge in [-0.3, -0.25) is 0 Å². The summed E-state index contributed by atoms with van der Waals surface area (Å²) in [6.07, 6.45) is 84.2. The first-order chi connectivity index (χ1) is 59.1. The molecule has 0 nitrogen and oxygen atoms in total. The fourth-order valence-corrected chi connectivity index (χ4v) is 30.7. The van der Waals surface area contributed by atoms with Crippen molar-refractivity contribution >= 4 is 0 Å². The Kier molecular flexibility index (Phi) is 37.2. The lowest BCUT2D eigenvalue weighted by molar-refractivity contribution is -0.0545. The molecule has 0 heterocycles. The van der Waals surface area contributed by atoms with Crippen LogP contribution < -0.4 is 0 Å². The number of hydrogen-bond donors (Lipinski definition) is 0. The smallest absolute Gasteiger partial charge is 0.0269 e. The molecular weight excluding hydrogens is 1450 g/mol. The molecule has 26 aliphatic rings. The third kappa shape index (κ3) is 34.8. The summed E-state index contributed by atoms with van der Waals surface area (Å²) in [6, 6.07) is 0. The van der Waals surface area contributed by atoms with Crippen LogP contribution in [0.4, 0.5) is 0 Å². The Labute approximate surface area is 774 Å². The molecule has 16 bridgehead atoms. The molecule has 0 heteroatoms. The minimum absolute atomic E-state index is 0.132. The van der Waals surface area contributed by atoms with E-state index in [9.17, 15) is 0 Å². The topological polar surface area (TPSA) is 0 Å². The number of fused-ring (bicyclic) bond motifs is 12. The molecule has 0 amide bonds. The van der Waals surface area contributed by atoms with E-state index in [1.54, 1.807) is 195 Å². The summed E-state index contributed by atoms with van der Waals surface area (Å²) in [6.45, 7) is 61.6. The van der Waals surface area contributed by atoms with E-state index in [0.29, 0.717) is 16.2 Å². The lowest BCUT2D eigenvalue weighted by atomic mass is 9.49. The minimum atomic E-state index is -1.81. The maximum absolute atomic E-state index is 7.25. The van der Waals surface area contributed by atoms with Crippen LogP contribution >= 0.6 is 0 Å². The van der Waals surface area contributed by atoms with Gasteiger partial charge in [0.1, 0.15) is 0 Å². The van der Waals surface area contributed by atoms with Gasteiger partial charge in [0.05, 0.1) is 0 Å². The summed E-state index contributed by atoms with van der Waals surface area (Å²) in [4.78, 5) is 0. The Balaban J connectivity index is 0.000000172. The summed E-state index contributed by atoms with van der Waals surface area (Å²) < 4.78 is 49.4. The second-order valence-corrected chi connectivity index (χ2v) is 56.0. The zero-order chi connectivity index (χ0) is 95.3. The first-order valence-corrected chi connectivity index (χ1v) is 55.6. The van der Waals surface area contributed by atoms with Crippen LogP contribution in [-0.4, -0.2) is 0 Å². The van der Waals surface area contributed by atoms with Gasteiger partial charge in [0, 0.05) is 9.60 Å². The van der Waals surface area contributed by atoms with Crippen LogP contribution in [0.2, 0.25) is 0 Å². The summed E-state index contributed by atoms with van der Waals surface area (Å²) in [5.41, 5.74) is 5.88. The monoisotopic (exact) mass is 1690 g/mol. The van der Waals surface area contributed by atoms with Crippen molar-refractivity contribution in [2.45, 2.75) is 580 Å². The van der Waals surface area contributed by atoms with Crippen LogP contribution in [0.1, 0.15) is 590 Å². The molecule has 0 aliphatic heterocycles. The van der Waals surface area contributed by atoms with Gasteiger partial charge in [-0.1, -0.05) is 310 Å². The average molecular weight is 1690 g/mol. The zero-order valence-corrected chi connectivity index (χ0v) is 88.3. The van der Waals surface area contributed by atoms with E-state index >= 15 is 0 Å². The third-order valence-corrected chi connectivity index (χ3v) is 40.2. The van der Waals surface area contributed by atoms with Crippen LogP contribution in [0, 0.1) is 190 Å². The number of hydrogen-bond acceptors (Lipinski definition) is 0. The predicted molar refractivity (Wildman–Crippen MR) is 542 cm³/mol. The quantitative estimate of drug-likeness (QED) is 0.259. The SMILES string of the molecule is CC(C)(C)C.CC12CC3CC(CC(C3)C1)C2.CC1C2CCC(CC2)[C@H]1C.CC1CCC2(CC1)CCC(C)(C)CC2.CC1CCC2(CCCC2)CC1.CC1CCC2(CCCCC2)CC1.CCC12CC3CC(CC(C3)C1)C2.C[C@@H]1C2CCC(CC2)C1(C)C.C[C@H]1CC2CCC1(C)CC2.C[C@H]1CC2CCC1CC2.[2H]C([2H])(C)C(C)(C)C.[2H]C([2H])(C)C(C)C.[2H]C([2H])([2H])C(C)(C)C. The molecule has 0 aromatic rings. The average Bonchev–Trinajstić information content (AvgIpc) is 0.813. The van der Waals surface area contributed by atoms with Crippen molar-refractivity contribution in [3.8, 4) is 0 Å². The second kappa shape index (κ2) is 47.1. The third-order valence-electron chi connectivity index (χ3n) is 40.2. The van der Waals surface area contributed by atoms with Gasteiger partial charge in [-0.15, -0.1) is 0 Å². The molecule has 26 aliphatic carbocycles. The highest BCUT2D eigenvalue weighted by Crippen LogP contribution is 2.64. The van der Waals surface area contributed by atoms with Crippen molar-refractivity contribution in [1.29, 1.82) is 0 Å². The van der Waals surface area contributed by atoms with Crippen molar-refractivity contribution in [2.75, 3.05) is 0 Å². The molecule has 0 N–H and O–H groups in total. The summed E-state index contributed by atoms with van der Waals surface area (Å²) in [5, 5.41) is 0. The Morgan fingerprint density at radius 3 is 0.884 bits per heavy atom. The van der Waals surface area contributed by atoms with E-state index < -0.39 is 25.0 Å².